The van der Waals surface area contributed by atoms with Gasteiger partial charge in [0.1, 0.15) is 0 Å². The third-order valence-electron chi connectivity index (χ3n) is 4.58. The minimum absolute atomic E-state index is 0.638. The zero-order chi connectivity index (χ0) is 11.0. The topological polar surface area (TPSA) is 0 Å². The normalized spacial score (nSPS) is 23.6. The van der Waals surface area contributed by atoms with E-state index >= 15 is 0 Å². The van der Waals surface area contributed by atoms with Gasteiger partial charge in [-0.25, -0.2) is 0 Å². The Balaban J connectivity index is 3.01. The Bertz CT molecular complexity index is 170. The first-order valence-corrected chi connectivity index (χ1v) is 11.3. The van der Waals surface area contributed by atoms with Crippen molar-refractivity contribution in [1.82, 2.24) is 0 Å². The fourth-order valence-electron chi connectivity index (χ4n) is 3.78. The Morgan fingerprint density at radius 2 is 1.00 bits per heavy atom. The fraction of sp³-hybridized carbons (Fsp3) is 1.00. The molecule has 1 heterocycles. The molecule has 1 fully saturated rings. The van der Waals surface area contributed by atoms with Gasteiger partial charge in [-0.05, 0) is 0 Å². The van der Waals surface area contributed by atoms with Crippen LogP contribution in [-0.2, 0) is 0 Å². The molecule has 0 radical (unpaired) electrons. The minimum atomic E-state index is -1.66. The molecule has 0 atom stereocenters. The van der Waals surface area contributed by atoms with Crippen LogP contribution in [-0.4, -0.2) is 13.3 Å². The third-order valence-corrected chi connectivity index (χ3v) is 21.7. The van der Waals surface area contributed by atoms with Crippen molar-refractivity contribution in [3.8, 4) is 0 Å². The van der Waals surface area contributed by atoms with E-state index in [1.54, 1.807) is 10.5 Å². The van der Waals surface area contributed by atoms with Gasteiger partial charge in [0, 0.05) is 0 Å². The molecular formula is C13H28Ge. The van der Waals surface area contributed by atoms with Gasteiger partial charge in [-0.2, -0.15) is 0 Å². The molecule has 84 valence electrons. The standard InChI is InChI=1S/C13H28Ge/c1-12(2,3)14(13(4,5)6)10-8-7-9-11-14/h7-11H2,1-6H3. The SMILES string of the molecule is C[C](C)(C)[Ge]1([C](C)(C)C)[CH2]CCC[CH2]1. The molecule has 0 spiro atoms. The number of rotatable bonds is 0. The summed E-state index contributed by atoms with van der Waals surface area (Å²) in [5.74, 6) is 0. The van der Waals surface area contributed by atoms with E-state index in [-0.39, 0.29) is 0 Å². The summed E-state index contributed by atoms with van der Waals surface area (Å²) in [6.07, 6.45) is 4.54. The van der Waals surface area contributed by atoms with Crippen molar-refractivity contribution in [2.24, 2.45) is 0 Å². The van der Waals surface area contributed by atoms with Gasteiger partial charge in [-0.1, -0.05) is 0 Å². The van der Waals surface area contributed by atoms with Crippen LogP contribution in [0, 0.1) is 0 Å². The van der Waals surface area contributed by atoms with Crippen LogP contribution in [0.3, 0.4) is 0 Å². The number of hydrogen-bond acceptors (Lipinski definition) is 0. The van der Waals surface area contributed by atoms with E-state index in [1.165, 1.54) is 19.3 Å². The molecule has 0 bridgehead atoms. The van der Waals surface area contributed by atoms with Crippen molar-refractivity contribution in [1.29, 1.82) is 0 Å². The van der Waals surface area contributed by atoms with E-state index < -0.39 is 13.3 Å². The van der Waals surface area contributed by atoms with Gasteiger partial charge in [-0.3, -0.25) is 0 Å². The predicted molar refractivity (Wildman–Crippen MR) is 68.6 cm³/mol. The molecule has 1 aliphatic rings. The molecule has 14 heavy (non-hydrogen) atoms. The van der Waals surface area contributed by atoms with Crippen molar-refractivity contribution >= 4 is 13.3 Å². The summed E-state index contributed by atoms with van der Waals surface area (Å²) < 4.78 is 1.28. The first kappa shape index (κ1) is 12.6. The summed E-state index contributed by atoms with van der Waals surface area (Å²) in [4.78, 5) is 0. The quantitative estimate of drug-likeness (QED) is 0.522. The molecule has 0 saturated carbocycles. The zero-order valence-electron chi connectivity index (χ0n) is 11.0. The molecule has 0 aliphatic carbocycles. The van der Waals surface area contributed by atoms with Gasteiger partial charge in [0.2, 0.25) is 0 Å². The molecule has 0 aromatic heterocycles. The van der Waals surface area contributed by atoms with E-state index in [4.69, 9.17) is 0 Å². The first-order valence-electron chi connectivity index (χ1n) is 6.21. The third kappa shape index (κ3) is 2.05. The van der Waals surface area contributed by atoms with Crippen molar-refractivity contribution in [3.63, 3.8) is 0 Å². The fourth-order valence-corrected chi connectivity index (χ4v) is 18.9. The summed E-state index contributed by atoms with van der Waals surface area (Å²) in [7, 11) is 0. The van der Waals surface area contributed by atoms with Gasteiger partial charge in [0.15, 0.2) is 0 Å². The van der Waals surface area contributed by atoms with Gasteiger partial charge >= 0.3 is 93.1 Å². The molecule has 0 aromatic rings. The van der Waals surface area contributed by atoms with Gasteiger partial charge in [-0.15, -0.1) is 0 Å². The molecule has 0 nitrogen and oxygen atoms in total. The molecule has 1 rings (SSSR count). The summed E-state index contributed by atoms with van der Waals surface area (Å²) in [6, 6.07) is 0. The second-order valence-corrected chi connectivity index (χ2v) is 20.1. The van der Waals surface area contributed by atoms with Gasteiger partial charge in [0.25, 0.3) is 0 Å². The molecule has 1 aliphatic heterocycles. The second kappa shape index (κ2) is 3.84. The van der Waals surface area contributed by atoms with E-state index in [1.807, 2.05) is 0 Å². The van der Waals surface area contributed by atoms with Crippen molar-refractivity contribution in [3.05, 3.63) is 0 Å². The Morgan fingerprint density at radius 3 is 1.21 bits per heavy atom. The summed E-state index contributed by atoms with van der Waals surface area (Å²) in [5.41, 5.74) is 0. The zero-order valence-corrected chi connectivity index (χ0v) is 13.1. The van der Waals surface area contributed by atoms with E-state index in [0.717, 1.165) is 0 Å². The Morgan fingerprint density at radius 1 is 0.643 bits per heavy atom. The van der Waals surface area contributed by atoms with Gasteiger partial charge in [0.05, 0.1) is 0 Å². The number of hydrogen-bond donors (Lipinski definition) is 0. The molecule has 1 heteroatoms. The molecule has 0 amide bonds. The van der Waals surface area contributed by atoms with E-state index in [0.29, 0.717) is 8.49 Å². The predicted octanol–water partition coefficient (Wildman–Crippen LogP) is 5.22. The van der Waals surface area contributed by atoms with Gasteiger partial charge < -0.3 is 0 Å². The molecule has 1 saturated heterocycles. The van der Waals surface area contributed by atoms with Crippen LogP contribution in [0.5, 0.6) is 0 Å². The summed E-state index contributed by atoms with van der Waals surface area (Å²) >= 11 is -1.66. The van der Waals surface area contributed by atoms with Crippen LogP contribution in [0.2, 0.25) is 19.0 Å². The summed E-state index contributed by atoms with van der Waals surface area (Å²) in [5, 5.41) is 3.24. The van der Waals surface area contributed by atoms with Crippen molar-refractivity contribution in [2.45, 2.75) is 79.8 Å². The average Bonchev–Trinajstić information content (AvgIpc) is 2.02. The second-order valence-electron chi connectivity index (χ2n) is 7.14. The van der Waals surface area contributed by atoms with E-state index in [9.17, 15) is 0 Å². The van der Waals surface area contributed by atoms with Crippen LogP contribution in [0.25, 0.3) is 0 Å². The Kier molecular flexibility index (Phi) is 3.46. The first-order chi connectivity index (χ1) is 6.21. The van der Waals surface area contributed by atoms with Crippen LogP contribution < -0.4 is 0 Å². The van der Waals surface area contributed by atoms with Crippen LogP contribution >= 0.6 is 0 Å². The Labute approximate surface area is 93.2 Å². The Hall–Kier alpha value is 0.543. The van der Waals surface area contributed by atoms with Crippen LogP contribution in [0.4, 0.5) is 0 Å². The van der Waals surface area contributed by atoms with Crippen molar-refractivity contribution in [2.75, 3.05) is 0 Å². The monoisotopic (exact) mass is 258 g/mol. The maximum absolute atomic E-state index is 2.52. The average molecular weight is 257 g/mol. The molecule has 0 unspecified atom stereocenters. The van der Waals surface area contributed by atoms with Crippen molar-refractivity contribution < 1.29 is 0 Å². The summed E-state index contributed by atoms with van der Waals surface area (Å²) in [6.45, 7) is 15.1. The molecule has 0 N–H and O–H groups in total. The maximum atomic E-state index is 2.52. The van der Waals surface area contributed by atoms with Crippen LogP contribution in [0.15, 0.2) is 0 Å². The molecule has 0 aromatic carbocycles. The van der Waals surface area contributed by atoms with Crippen LogP contribution in [0.1, 0.15) is 60.8 Å². The molecular weight excluding hydrogens is 229 g/mol. The van der Waals surface area contributed by atoms with E-state index in [2.05, 4.69) is 41.5 Å².